The van der Waals surface area contributed by atoms with Gasteiger partial charge in [0, 0.05) is 24.3 Å². The van der Waals surface area contributed by atoms with Crippen LogP contribution in [0.5, 0.6) is 0 Å². The molecule has 3 nitrogen and oxygen atoms in total. The Kier molecular flexibility index (Phi) is 5.00. The van der Waals surface area contributed by atoms with Gasteiger partial charge < -0.3 is 5.32 Å². The van der Waals surface area contributed by atoms with Crippen molar-refractivity contribution in [2.24, 2.45) is 5.92 Å². The predicted octanol–water partition coefficient (Wildman–Crippen LogP) is 2.77. The number of rotatable bonds is 6. The standard InChI is InChI=1S/C13H25N3/c1-6-14-7-12-8-15-16(9-10(2)3)13(12)11(4)5/h8,10-11,14H,6-7,9H2,1-5H3. The van der Waals surface area contributed by atoms with E-state index in [2.05, 4.69) is 49.7 Å². The number of nitrogens with zero attached hydrogens (tertiary/aromatic N) is 2. The summed E-state index contributed by atoms with van der Waals surface area (Å²) in [5.41, 5.74) is 2.73. The van der Waals surface area contributed by atoms with Crippen molar-refractivity contribution in [3.8, 4) is 0 Å². The smallest absolute Gasteiger partial charge is 0.0537 e. The van der Waals surface area contributed by atoms with Gasteiger partial charge in [-0.25, -0.2) is 0 Å². The van der Waals surface area contributed by atoms with Crippen molar-refractivity contribution in [1.29, 1.82) is 0 Å². The second-order valence-electron chi connectivity index (χ2n) is 5.07. The molecule has 0 saturated carbocycles. The molecule has 1 rings (SSSR count). The minimum absolute atomic E-state index is 0.537. The molecule has 0 aliphatic carbocycles. The van der Waals surface area contributed by atoms with E-state index < -0.39 is 0 Å². The maximum atomic E-state index is 4.51. The van der Waals surface area contributed by atoms with Crippen LogP contribution in [0.15, 0.2) is 6.20 Å². The maximum absolute atomic E-state index is 4.51. The molecular weight excluding hydrogens is 198 g/mol. The van der Waals surface area contributed by atoms with E-state index in [1.807, 2.05) is 6.20 Å². The van der Waals surface area contributed by atoms with Crippen LogP contribution < -0.4 is 5.32 Å². The van der Waals surface area contributed by atoms with Gasteiger partial charge in [-0.05, 0) is 18.4 Å². The molecule has 0 aliphatic rings. The molecule has 0 bridgehead atoms. The second kappa shape index (κ2) is 6.04. The predicted molar refractivity (Wildman–Crippen MR) is 68.5 cm³/mol. The number of aromatic nitrogens is 2. The van der Waals surface area contributed by atoms with E-state index in [0.29, 0.717) is 11.8 Å². The molecular formula is C13H25N3. The van der Waals surface area contributed by atoms with Crippen molar-refractivity contribution in [1.82, 2.24) is 15.1 Å². The van der Waals surface area contributed by atoms with Gasteiger partial charge in [-0.1, -0.05) is 34.6 Å². The largest absolute Gasteiger partial charge is 0.313 e. The first-order valence-corrected chi connectivity index (χ1v) is 6.31. The third-order valence-corrected chi connectivity index (χ3v) is 2.61. The van der Waals surface area contributed by atoms with Crippen molar-refractivity contribution in [3.05, 3.63) is 17.5 Å². The minimum Gasteiger partial charge on any atom is -0.313 e. The highest BCUT2D eigenvalue weighted by molar-refractivity contribution is 5.21. The van der Waals surface area contributed by atoms with E-state index in [4.69, 9.17) is 0 Å². The Hall–Kier alpha value is -0.830. The van der Waals surface area contributed by atoms with E-state index >= 15 is 0 Å². The summed E-state index contributed by atoms with van der Waals surface area (Å²) in [6.07, 6.45) is 2.01. The quantitative estimate of drug-likeness (QED) is 0.803. The maximum Gasteiger partial charge on any atom is 0.0537 e. The van der Waals surface area contributed by atoms with Gasteiger partial charge in [-0.2, -0.15) is 5.10 Å². The van der Waals surface area contributed by atoms with Crippen molar-refractivity contribution in [2.75, 3.05) is 6.54 Å². The molecule has 1 N–H and O–H groups in total. The Bertz CT molecular complexity index is 313. The summed E-state index contributed by atoms with van der Waals surface area (Å²) in [6.45, 7) is 14.0. The SMILES string of the molecule is CCNCc1cnn(CC(C)C)c1C(C)C. The van der Waals surface area contributed by atoms with Crippen LogP contribution in [0.25, 0.3) is 0 Å². The molecule has 92 valence electrons. The van der Waals surface area contributed by atoms with Crippen LogP contribution in [0.2, 0.25) is 0 Å². The van der Waals surface area contributed by atoms with Gasteiger partial charge in [0.2, 0.25) is 0 Å². The van der Waals surface area contributed by atoms with E-state index in [9.17, 15) is 0 Å². The molecule has 1 heterocycles. The van der Waals surface area contributed by atoms with Crippen LogP contribution in [-0.4, -0.2) is 16.3 Å². The highest BCUT2D eigenvalue weighted by Gasteiger charge is 2.14. The zero-order valence-electron chi connectivity index (χ0n) is 11.2. The number of nitrogens with one attached hydrogen (secondary N) is 1. The normalized spacial score (nSPS) is 11.7. The summed E-state index contributed by atoms with van der Waals surface area (Å²) < 4.78 is 2.17. The van der Waals surface area contributed by atoms with E-state index in [1.54, 1.807) is 0 Å². The summed E-state index contributed by atoms with van der Waals surface area (Å²) in [7, 11) is 0. The van der Waals surface area contributed by atoms with Gasteiger partial charge in [-0.15, -0.1) is 0 Å². The lowest BCUT2D eigenvalue weighted by Gasteiger charge is -2.14. The van der Waals surface area contributed by atoms with Crippen LogP contribution in [0.4, 0.5) is 0 Å². The minimum atomic E-state index is 0.537. The van der Waals surface area contributed by atoms with Gasteiger partial charge in [-0.3, -0.25) is 4.68 Å². The van der Waals surface area contributed by atoms with Crippen LogP contribution in [0, 0.1) is 5.92 Å². The van der Waals surface area contributed by atoms with Gasteiger partial charge in [0.05, 0.1) is 6.20 Å². The molecule has 0 radical (unpaired) electrons. The zero-order chi connectivity index (χ0) is 12.1. The number of hydrogen-bond acceptors (Lipinski definition) is 2. The van der Waals surface area contributed by atoms with Gasteiger partial charge in [0.1, 0.15) is 0 Å². The molecule has 1 aromatic rings. The summed E-state index contributed by atoms with van der Waals surface area (Å²) in [4.78, 5) is 0. The van der Waals surface area contributed by atoms with Crippen molar-refractivity contribution in [3.63, 3.8) is 0 Å². The first kappa shape index (κ1) is 13.2. The van der Waals surface area contributed by atoms with Crippen LogP contribution in [0.1, 0.15) is 51.8 Å². The Balaban J connectivity index is 2.88. The first-order chi connectivity index (χ1) is 7.56. The lowest BCUT2D eigenvalue weighted by Crippen LogP contribution is -2.15. The van der Waals surface area contributed by atoms with E-state index in [0.717, 1.165) is 19.6 Å². The molecule has 0 spiro atoms. The molecule has 0 amide bonds. The molecule has 0 saturated heterocycles. The number of hydrogen-bond donors (Lipinski definition) is 1. The first-order valence-electron chi connectivity index (χ1n) is 6.31. The Labute approximate surface area is 99.2 Å². The zero-order valence-corrected chi connectivity index (χ0v) is 11.2. The fraction of sp³-hybridized carbons (Fsp3) is 0.769. The van der Waals surface area contributed by atoms with Gasteiger partial charge >= 0.3 is 0 Å². The fourth-order valence-corrected chi connectivity index (χ4v) is 1.99. The Morgan fingerprint density at radius 2 is 2.00 bits per heavy atom. The summed E-state index contributed by atoms with van der Waals surface area (Å²) in [6, 6.07) is 0. The highest BCUT2D eigenvalue weighted by atomic mass is 15.3. The van der Waals surface area contributed by atoms with Crippen molar-refractivity contribution in [2.45, 2.75) is 53.6 Å². The average molecular weight is 223 g/mol. The molecule has 0 aromatic carbocycles. The summed E-state index contributed by atoms with van der Waals surface area (Å²) >= 11 is 0. The third-order valence-electron chi connectivity index (χ3n) is 2.61. The molecule has 0 atom stereocenters. The molecule has 0 aliphatic heterocycles. The molecule has 1 aromatic heterocycles. The summed E-state index contributed by atoms with van der Waals surface area (Å²) in [5, 5.41) is 7.88. The topological polar surface area (TPSA) is 29.9 Å². The van der Waals surface area contributed by atoms with Gasteiger partial charge in [0.25, 0.3) is 0 Å². The van der Waals surface area contributed by atoms with Crippen LogP contribution in [-0.2, 0) is 13.1 Å². The summed E-state index contributed by atoms with van der Waals surface area (Å²) in [5.74, 6) is 1.18. The van der Waals surface area contributed by atoms with Gasteiger partial charge in [0.15, 0.2) is 0 Å². The van der Waals surface area contributed by atoms with E-state index in [1.165, 1.54) is 11.3 Å². The lowest BCUT2D eigenvalue weighted by molar-refractivity contribution is 0.460. The lowest BCUT2D eigenvalue weighted by atomic mass is 10.1. The van der Waals surface area contributed by atoms with Crippen LogP contribution >= 0.6 is 0 Å². The Morgan fingerprint density at radius 3 is 2.50 bits per heavy atom. The molecule has 0 unspecified atom stereocenters. The van der Waals surface area contributed by atoms with Crippen molar-refractivity contribution < 1.29 is 0 Å². The average Bonchev–Trinajstić information content (AvgIpc) is 2.56. The monoisotopic (exact) mass is 223 g/mol. The Morgan fingerprint density at radius 1 is 1.31 bits per heavy atom. The van der Waals surface area contributed by atoms with E-state index in [-0.39, 0.29) is 0 Å². The molecule has 16 heavy (non-hydrogen) atoms. The molecule has 0 fully saturated rings. The fourth-order valence-electron chi connectivity index (χ4n) is 1.99. The highest BCUT2D eigenvalue weighted by Crippen LogP contribution is 2.20. The molecule has 3 heteroatoms. The third kappa shape index (κ3) is 3.34. The van der Waals surface area contributed by atoms with Crippen molar-refractivity contribution >= 4 is 0 Å². The van der Waals surface area contributed by atoms with Crippen LogP contribution in [0.3, 0.4) is 0 Å². The second-order valence-corrected chi connectivity index (χ2v) is 5.07.